The summed E-state index contributed by atoms with van der Waals surface area (Å²) in [5.74, 6) is 0.0853. The Hall–Kier alpha value is -5.62. The van der Waals surface area contributed by atoms with Gasteiger partial charge >= 0.3 is 0 Å². The highest BCUT2D eigenvalue weighted by molar-refractivity contribution is 6.10. The molecule has 2 aromatic heterocycles. The topological polar surface area (TPSA) is 107 Å². The Bertz CT molecular complexity index is 1890. The first-order chi connectivity index (χ1) is 20.3. The van der Waals surface area contributed by atoms with Crippen molar-refractivity contribution in [3.05, 3.63) is 118 Å². The number of amides is 1. The maximum atomic E-state index is 13.4. The summed E-state index contributed by atoms with van der Waals surface area (Å²) in [5.41, 5.74) is 4.49. The Labute approximate surface area is 243 Å². The Morgan fingerprint density at radius 2 is 1.69 bits per heavy atom. The van der Waals surface area contributed by atoms with E-state index in [9.17, 15) is 14.9 Å². The number of carbonyl (C=O) groups excluding carboxylic acids is 1. The molecule has 42 heavy (non-hydrogen) atoms. The van der Waals surface area contributed by atoms with Gasteiger partial charge in [-0.25, -0.2) is 9.36 Å². The number of rotatable bonds is 8. The van der Waals surface area contributed by atoms with Gasteiger partial charge in [0.25, 0.3) is 11.5 Å². The fraction of sp³-hybridized carbons (Fsp3) is 0.152. The van der Waals surface area contributed by atoms with Crippen LogP contribution in [0.4, 0.5) is 5.69 Å². The van der Waals surface area contributed by atoms with E-state index < -0.39 is 11.5 Å². The van der Waals surface area contributed by atoms with E-state index in [-0.39, 0.29) is 11.3 Å². The highest BCUT2D eigenvalue weighted by atomic mass is 16.5. The van der Waals surface area contributed by atoms with Gasteiger partial charge in [0.05, 0.1) is 23.7 Å². The standard InChI is InChI=1S/C33H30N6O3/c1-5-42-29-17-16-24(18-22(29)2)31-26(21-38(36-31)27-12-8-6-9-13-27)19-25(20-34)32(40)35-30-23(3)37(4)39(33(30)41)28-14-10-7-11-15-28/h6-19,21H,5H2,1-4H3,(H,35,40)/b25-19+. The van der Waals surface area contributed by atoms with Gasteiger partial charge in [-0.05, 0) is 74.9 Å². The highest BCUT2D eigenvalue weighted by Gasteiger charge is 2.21. The Morgan fingerprint density at radius 1 is 1.02 bits per heavy atom. The molecule has 0 aliphatic heterocycles. The highest BCUT2D eigenvalue weighted by Crippen LogP contribution is 2.30. The number of nitriles is 1. The number of nitrogens with one attached hydrogen (secondary N) is 1. The zero-order valence-corrected chi connectivity index (χ0v) is 23.8. The first-order valence-electron chi connectivity index (χ1n) is 13.5. The van der Waals surface area contributed by atoms with Gasteiger partial charge in [-0.2, -0.15) is 10.4 Å². The zero-order valence-electron chi connectivity index (χ0n) is 23.8. The summed E-state index contributed by atoms with van der Waals surface area (Å²) in [6, 6.07) is 26.5. The lowest BCUT2D eigenvalue weighted by molar-refractivity contribution is -0.112. The number of aromatic nitrogens is 4. The quantitative estimate of drug-likeness (QED) is 0.197. The summed E-state index contributed by atoms with van der Waals surface area (Å²) in [7, 11) is 1.74. The van der Waals surface area contributed by atoms with Gasteiger partial charge in [0.15, 0.2) is 0 Å². The van der Waals surface area contributed by atoms with Crippen LogP contribution in [0.3, 0.4) is 0 Å². The second kappa shape index (κ2) is 11.9. The van der Waals surface area contributed by atoms with Crippen molar-refractivity contribution in [3.63, 3.8) is 0 Å². The summed E-state index contributed by atoms with van der Waals surface area (Å²) in [5, 5.41) is 17.5. The molecular weight excluding hydrogens is 528 g/mol. The van der Waals surface area contributed by atoms with Gasteiger partial charge in [-0.1, -0.05) is 36.4 Å². The second-order valence-electron chi connectivity index (χ2n) is 9.69. The number of hydrogen-bond donors (Lipinski definition) is 1. The molecule has 0 atom stereocenters. The molecule has 0 spiro atoms. The third kappa shape index (κ3) is 5.38. The molecule has 9 nitrogen and oxygen atoms in total. The van der Waals surface area contributed by atoms with Crippen molar-refractivity contribution in [1.29, 1.82) is 5.26 Å². The third-order valence-electron chi connectivity index (χ3n) is 6.97. The number of anilines is 1. The fourth-order valence-corrected chi connectivity index (χ4v) is 4.74. The molecule has 0 aliphatic rings. The van der Waals surface area contributed by atoms with Gasteiger partial charge in [-0.3, -0.25) is 14.3 Å². The minimum Gasteiger partial charge on any atom is -0.494 e. The first kappa shape index (κ1) is 27.9. The molecule has 9 heteroatoms. The van der Waals surface area contributed by atoms with E-state index in [1.165, 1.54) is 10.8 Å². The van der Waals surface area contributed by atoms with Crippen molar-refractivity contribution in [2.24, 2.45) is 7.05 Å². The predicted molar refractivity (Wildman–Crippen MR) is 163 cm³/mol. The van der Waals surface area contributed by atoms with Gasteiger partial charge < -0.3 is 10.1 Å². The van der Waals surface area contributed by atoms with Crippen LogP contribution in [-0.4, -0.2) is 31.7 Å². The lowest BCUT2D eigenvalue weighted by Gasteiger charge is -2.09. The number of aryl methyl sites for hydroxylation is 1. The van der Waals surface area contributed by atoms with E-state index in [0.717, 1.165) is 22.6 Å². The number of hydrogen-bond acceptors (Lipinski definition) is 5. The van der Waals surface area contributed by atoms with Crippen molar-refractivity contribution >= 4 is 17.7 Å². The lowest BCUT2D eigenvalue weighted by atomic mass is 10.0. The molecule has 1 N–H and O–H groups in total. The molecule has 0 aliphatic carbocycles. The van der Waals surface area contributed by atoms with Crippen molar-refractivity contribution < 1.29 is 9.53 Å². The summed E-state index contributed by atoms with van der Waals surface area (Å²) >= 11 is 0. The van der Waals surface area contributed by atoms with Crippen molar-refractivity contribution in [1.82, 2.24) is 19.1 Å². The van der Waals surface area contributed by atoms with Crippen LogP contribution < -0.4 is 15.6 Å². The number of benzene rings is 3. The van der Waals surface area contributed by atoms with Crippen molar-refractivity contribution in [2.75, 3.05) is 11.9 Å². The Morgan fingerprint density at radius 3 is 2.31 bits per heavy atom. The molecule has 3 aromatic carbocycles. The van der Waals surface area contributed by atoms with E-state index in [0.29, 0.717) is 29.2 Å². The molecule has 0 radical (unpaired) electrons. The molecule has 5 rings (SSSR count). The smallest absolute Gasteiger partial charge is 0.295 e. The minimum atomic E-state index is -0.690. The van der Waals surface area contributed by atoms with Crippen molar-refractivity contribution in [2.45, 2.75) is 20.8 Å². The minimum absolute atomic E-state index is 0.106. The Kier molecular flexibility index (Phi) is 7.89. The number of carbonyl (C=O) groups is 1. The number of ether oxygens (including phenoxy) is 1. The van der Waals surface area contributed by atoms with Gasteiger partial charge in [0, 0.05) is 24.4 Å². The molecule has 0 fully saturated rings. The maximum absolute atomic E-state index is 13.4. The Balaban J connectivity index is 1.55. The van der Waals surface area contributed by atoms with Crippen LogP contribution >= 0.6 is 0 Å². The van der Waals surface area contributed by atoms with E-state index >= 15 is 0 Å². The van der Waals surface area contributed by atoms with Crippen LogP contribution in [0, 0.1) is 25.2 Å². The van der Waals surface area contributed by atoms with Crippen LogP contribution in [0.25, 0.3) is 28.7 Å². The van der Waals surface area contributed by atoms with Gasteiger partial charge in [-0.15, -0.1) is 0 Å². The van der Waals surface area contributed by atoms with Crippen LogP contribution in [0.2, 0.25) is 0 Å². The zero-order chi connectivity index (χ0) is 29.8. The van der Waals surface area contributed by atoms with Crippen molar-refractivity contribution in [3.8, 4) is 34.5 Å². The molecule has 0 saturated heterocycles. The van der Waals surface area contributed by atoms with Crippen LogP contribution in [0.1, 0.15) is 23.7 Å². The van der Waals surface area contributed by atoms with E-state index in [1.54, 1.807) is 29.5 Å². The molecule has 0 unspecified atom stereocenters. The van der Waals surface area contributed by atoms with E-state index in [4.69, 9.17) is 9.84 Å². The molecule has 2 heterocycles. The molecule has 0 saturated carbocycles. The normalized spacial score (nSPS) is 11.3. The largest absolute Gasteiger partial charge is 0.494 e. The summed E-state index contributed by atoms with van der Waals surface area (Å²) in [6.07, 6.45) is 3.27. The number of nitrogens with zero attached hydrogens (tertiary/aromatic N) is 5. The molecule has 5 aromatic rings. The molecule has 210 valence electrons. The number of para-hydroxylation sites is 2. The average Bonchev–Trinajstić information content (AvgIpc) is 3.52. The lowest BCUT2D eigenvalue weighted by Crippen LogP contribution is -2.23. The predicted octanol–water partition coefficient (Wildman–Crippen LogP) is 5.59. The second-order valence-corrected chi connectivity index (χ2v) is 9.69. The molecular formula is C33H30N6O3. The van der Waals surface area contributed by atoms with E-state index in [2.05, 4.69) is 5.32 Å². The van der Waals surface area contributed by atoms with E-state index in [1.807, 2.05) is 98.8 Å². The SMILES string of the molecule is CCOc1ccc(-c2nn(-c3ccccc3)cc2/C=C(\C#N)C(=O)Nc2c(C)n(C)n(-c3ccccc3)c2=O)cc1C. The summed E-state index contributed by atoms with van der Waals surface area (Å²) in [6.45, 7) is 6.17. The van der Waals surface area contributed by atoms with Crippen LogP contribution in [0.15, 0.2) is 95.4 Å². The maximum Gasteiger partial charge on any atom is 0.295 e. The monoisotopic (exact) mass is 558 g/mol. The fourth-order valence-electron chi connectivity index (χ4n) is 4.74. The van der Waals surface area contributed by atoms with Crippen LogP contribution in [-0.2, 0) is 11.8 Å². The summed E-state index contributed by atoms with van der Waals surface area (Å²) < 4.78 is 10.5. The average molecular weight is 559 g/mol. The third-order valence-corrected chi connectivity index (χ3v) is 6.97. The van der Waals surface area contributed by atoms with Gasteiger partial charge in [0.1, 0.15) is 28.8 Å². The first-order valence-corrected chi connectivity index (χ1v) is 13.5. The van der Waals surface area contributed by atoms with Crippen LogP contribution in [0.5, 0.6) is 5.75 Å². The van der Waals surface area contributed by atoms with Gasteiger partial charge in [0.2, 0.25) is 0 Å². The summed E-state index contributed by atoms with van der Waals surface area (Å²) in [4.78, 5) is 26.7. The molecule has 1 amide bonds. The molecule has 0 bridgehead atoms.